The first kappa shape index (κ1) is 30.6. The summed E-state index contributed by atoms with van der Waals surface area (Å²) in [6.07, 6.45) is 13.8. The van der Waals surface area contributed by atoms with E-state index >= 15 is 13.2 Å². The minimum atomic E-state index is -3.63. The first-order valence-electron chi connectivity index (χ1n) is 13.9. The molecule has 2 radical (unpaired) electrons. The number of halogens is 3. The SMILES string of the molecule is O.O=C([O][SnH])C1=CC=C[N]([Sn]([CH2]C2CCCCC2F)([CH2]C2CCCCC2F)[CH2]C2CCCCC2F)C1. The molecule has 3 fully saturated rings. The standard InChI is InChI=1S/3C7H12F.C6H6NO2.H2O.2Sn.H/c3*1-6-4-2-3-5-7(6)8;8-6(9)5-2-1-3-7-4-5;;;;/h3*6-7H,1-5H2;1-3H,4H2,(H,8,9);1H2;;;/q;;;-1;;2*+1;/p-1. The zero-order chi connectivity index (χ0) is 24.8. The molecular formula is C27H44F3NO3Sn2. The van der Waals surface area contributed by atoms with Crippen molar-refractivity contribution in [1.29, 1.82) is 0 Å². The van der Waals surface area contributed by atoms with Gasteiger partial charge in [-0.2, -0.15) is 0 Å². The summed E-state index contributed by atoms with van der Waals surface area (Å²) in [5.74, 6) is -0.299. The van der Waals surface area contributed by atoms with Gasteiger partial charge in [0, 0.05) is 0 Å². The van der Waals surface area contributed by atoms with E-state index in [1.165, 1.54) is 0 Å². The average molecular weight is 725 g/mol. The molecule has 0 aromatic rings. The molecule has 4 rings (SSSR count). The quantitative estimate of drug-likeness (QED) is 0.298. The Morgan fingerprint density at radius 3 is 1.64 bits per heavy atom. The average Bonchev–Trinajstić information content (AvgIpc) is 2.87. The zero-order valence-electron chi connectivity index (χ0n) is 21.5. The number of carbonyl (C=O) groups excluding carboxylic acids is 1. The van der Waals surface area contributed by atoms with Crippen LogP contribution >= 0.6 is 0 Å². The van der Waals surface area contributed by atoms with Crippen molar-refractivity contribution < 1.29 is 26.5 Å². The van der Waals surface area contributed by atoms with Crippen molar-refractivity contribution >= 4 is 47.6 Å². The summed E-state index contributed by atoms with van der Waals surface area (Å²) in [7, 11) is 0. The van der Waals surface area contributed by atoms with Crippen LogP contribution < -0.4 is 0 Å². The van der Waals surface area contributed by atoms with Gasteiger partial charge in [0.1, 0.15) is 0 Å². The zero-order valence-corrected chi connectivity index (χ0v) is 27.6. The molecule has 36 heavy (non-hydrogen) atoms. The third-order valence-electron chi connectivity index (χ3n) is 9.26. The molecule has 3 saturated carbocycles. The molecule has 0 saturated heterocycles. The van der Waals surface area contributed by atoms with Crippen LogP contribution in [0.25, 0.3) is 0 Å². The Kier molecular flexibility index (Phi) is 12.3. The molecule has 204 valence electrons. The van der Waals surface area contributed by atoms with Crippen molar-refractivity contribution in [3.05, 3.63) is 23.9 Å². The van der Waals surface area contributed by atoms with Crippen LogP contribution in [-0.2, 0) is 7.87 Å². The van der Waals surface area contributed by atoms with Gasteiger partial charge in [-0.1, -0.05) is 0 Å². The van der Waals surface area contributed by atoms with Crippen LogP contribution in [0.2, 0.25) is 13.3 Å². The van der Waals surface area contributed by atoms with Crippen LogP contribution in [0.5, 0.6) is 0 Å². The Morgan fingerprint density at radius 1 is 0.833 bits per heavy atom. The Bertz CT molecular complexity index is 724. The first-order valence-corrected chi connectivity index (χ1v) is 22.6. The van der Waals surface area contributed by atoms with Gasteiger partial charge in [0.25, 0.3) is 0 Å². The Labute approximate surface area is 233 Å². The van der Waals surface area contributed by atoms with Crippen molar-refractivity contribution in [2.24, 2.45) is 17.8 Å². The molecule has 0 amide bonds. The molecule has 0 spiro atoms. The molecule has 1 heterocycles. The molecule has 2 N–H and O–H groups in total. The number of allylic oxidation sites excluding steroid dienone is 2. The molecule has 4 nitrogen and oxygen atoms in total. The van der Waals surface area contributed by atoms with Gasteiger partial charge >= 0.3 is 229 Å². The van der Waals surface area contributed by atoms with Crippen LogP contribution in [-0.4, -0.2) is 81.2 Å². The monoisotopic (exact) mass is 727 g/mol. The van der Waals surface area contributed by atoms with E-state index in [4.69, 9.17) is 3.07 Å². The number of nitrogens with zero attached hydrogens (tertiary/aromatic N) is 1. The minimum absolute atomic E-state index is 0. The predicted molar refractivity (Wildman–Crippen MR) is 142 cm³/mol. The van der Waals surface area contributed by atoms with E-state index < -0.39 is 37.2 Å². The molecule has 1 aliphatic heterocycles. The fourth-order valence-electron chi connectivity index (χ4n) is 7.33. The predicted octanol–water partition coefficient (Wildman–Crippen LogP) is 5.81. The molecule has 0 aromatic carbocycles. The van der Waals surface area contributed by atoms with Crippen LogP contribution in [0.3, 0.4) is 0 Å². The molecule has 6 unspecified atom stereocenters. The summed E-state index contributed by atoms with van der Waals surface area (Å²) in [6, 6.07) is 0. The van der Waals surface area contributed by atoms with Gasteiger partial charge in [0.15, 0.2) is 0 Å². The van der Waals surface area contributed by atoms with Crippen LogP contribution in [0, 0.1) is 17.8 Å². The maximum atomic E-state index is 15.3. The number of hydrogen-bond donors (Lipinski definition) is 0. The van der Waals surface area contributed by atoms with E-state index in [2.05, 4.69) is 9.32 Å². The van der Waals surface area contributed by atoms with E-state index in [1.807, 2.05) is 12.2 Å². The summed E-state index contributed by atoms with van der Waals surface area (Å²) in [4.78, 5) is 12.5. The van der Waals surface area contributed by atoms with Crippen molar-refractivity contribution in [1.82, 2.24) is 3.12 Å². The van der Waals surface area contributed by atoms with E-state index in [9.17, 15) is 4.79 Å². The molecule has 0 aromatic heterocycles. The fourth-order valence-corrected chi connectivity index (χ4v) is 26.1. The normalized spacial score (nSPS) is 34.8. The fraction of sp³-hybridized carbons (Fsp3) is 0.815. The maximum absolute atomic E-state index is 15.3. The molecule has 3 aliphatic carbocycles. The van der Waals surface area contributed by atoms with Crippen LogP contribution in [0.15, 0.2) is 23.9 Å². The van der Waals surface area contributed by atoms with Gasteiger partial charge < -0.3 is 5.48 Å². The number of alkyl halides is 3. The van der Waals surface area contributed by atoms with Crippen LogP contribution in [0.1, 0.15) is 77.0 Å². The molecule has 6 atom stereocenters. The van der Waals surface area contributed by atoms with Gasteiger partial charge in [-0.25, -0.2) is 0 Å². The number of hydrogen-bond acceptors (Lipinski definition) is 3. The van der Waals surface area contributed by atoms with Gasteiger partial charge in [0.05, 0.1) is 0 Å². The van der Waals surface area contributed by atoms with E-state index in [-0.39, 0.29) is 29.2 Å². The molecule has 9 heteroatoms. The Hall–Kier alpha value is 0.0974. The summed E-state index contributed by atoms with van der Waals surface area (Å²) in [5.41, 5.74) is 0.627. The third kappa shape index (κ3) is 7.60. The molecule has 0 bridgehead atoms. The van der Waals surface area contributed by atoms with Crippen LogP contribution in [0.4, 0.5) is 13.2 Å². The second-order valence-electron chi connectivity index (χ2n) is 11.6. The summed E-state index contributed by atoms with van der Waals surface area (Å²) in [5, 5.41) is 0. The third-order valence-corrected chi connectivity index (χ3v) is 25.2. The summed E-state index contributed by atoms with van der Waals surface area (Å²) < 4.78 is 55.8. The molecule has 4 aliphatic rings. The van der Waals surface area contributed by atoms with Crippen molar-refractivity contribution in [3.8, 4) is 0 Å². The second kappa shape index (κ2) is 14.5. The Balaban J connectivity index is 0.00000361. The summed E-state index contributed by atoms with van der Waals surface area (Å²) in [6.45, 7) is 0.462. The van der Waals surface area contributed by atoms with E-state index in [0.717, 1.165) is 71.1 Å². The van der Waals surface area contributed by atoms with Crippen molar-refractivity contribution in [2.75, 3.05) is 6.54 Å². The number of rotatable bonds is 8. The van der Waals surface area contributed by atoms with E-state index in [1.54, 1.807) is 0 Å². The van der Waals surface area contributed by atoms with E-state index in [0.29, 0.717) is 54.3 Å². The number of carbonyl (C=O) groups is 1. The van der Waals surface area contributed by atoms with Gasteiger partial charge in [-0.3, -0.25) is 0 Å². The van der Waals surface area contributed by atoms with Gasteiger partial charge in [-0.15, -0.1) is 0 Å². The second-order valence-corrected chi connectivity index (χ2v) is 24.4. The first-order chi connectivity index (χ1) is 16.9. The summed E-state index contributed by atoms with van der Waals surface area (Å²) >= 11 is -3.23. The molecular weight excluding hydrogens is 681 g/mol. The topological polar surface area (TPSA) is 61.0 Å². The van der Waals surface area contributed by atoms with Crippen molar-refractivity contribution in [3.63, 3.8) is 0 Å². The van der Waals surface area contributed by atoms with Gasteiger partial charge in [-0.05, 0) is 0 Å². The van der Waals surface area contributed by atoms with Crippen molar-refractivity contribution in [2.45, 2.75) is 109 Å². The van der Waals surface area contributed by atoms with Gasteiger partial charge in [0.2, 0.25) is 0 Å². The Morgan fingerprint density at radius 2 is 1.25 bits per heavy atom.